The second-order valence-corrected chi connectivity index (χ2v) is 15.8. The molecule has 3 aliphatic carbocycles. The molecule has 9 rings (SSSR count). The predicted octanol–water partition coefficient (Wildman–Crippen LogP) is 10.8. The lowest BCUT2D eigenvalue weighted by molar-refractivity contribution is -0.0112. The Hall–Kier alpha value is -4.50. The lowest BCUT2D eigenvalue weighted by atomic mass is 9.46. The molecule has 0 N–H and O–H groups in total. The summed E-state index contributed by atoms with van der Waals surface area (Å²) in [7, 11) is 2.21. The summed E-state index contributed by atoms with van der Waals surface area (Å²) in [6.45, 7) is 18.8. The molecule has 0 saturated heterocycles. The van der Waals surface area contributed by atoms with Crippen LogP contribution in [0.3, 0.4) is 0 Å². The van der Waals surface area contributed by atoms with Gasteiger partial charge < -0.3 is 14.7 Å². The highest BCUT2D eigenvalue weighted by atomic mass is 15.4. The van der Waals surface area contributed by atoms with Crippen molar-refractivity contribution in [2.75, 3.05) is 16.8 Å². The summed E-state index contributed by atoms with van der Waals surface area (Å²) in [5.41, 5.74) is 13.7. The zero-order valence-electron chi connectivity index (χ0n) is 30.0. The number of rotatable bonds is 7. The first kappa shape index (κ1) is 31.7. The molecular formula is C46H51N3. The zero-order valence-corrected chi connectivity index (χ0v) is 30.0. The monoisotopic (exact) mass is 645 g/mol. The summed E-state index contributed by atoms with van der Waals surface area (Å²) in [6, 6.07) is 27.1. The third kappa shape index (κ3) is 4.99. The number of hydrogen-bond donors (Lipinski definition) is 0. The van der Waals surface area contributed by atoms with E-state index >= 15 is 0 Å². The molecule has 2 bridgehead atoms. The molecule has 0 radical (unpaired) electrons. The Morgan fingerprint density at radius 2 is 1.57 bits per heavy atom. The summed E-state index contributed by atoms with van der Waals surface area (Å²) in [5, 5.41) is 0. The smallest absolute Gasteiger partial charge is 0.114 e. The highest BCUT2D eigenvalue weighted by Gasteiger charge is 2.53. The third-order valence-corrected chi connectivity index (χ3v) is 13.1. The number of fused-ring (bicyclic) bond motifs is 5. The van der Waals surface area contributed by atoms with Gasteiger partial charge in [-0.3, -0.25) is 0 Å². The molecule has 3 aliphatic heterocycles. The maximum atomic E-state index is 4.64. The summed E-state index contributed by atoms with van der Waals surface area (Å²) in [6.07, 6.45) is 19.2. The maximum absolute atomic E-state index is 4.64. The molecule has 3 saturated carbocycles. The van der Waals surface area contributed by atoms with Crippen molar-refractivity contribution >= 4 is 16.9 Å². The van der Waals surface area contributed by atoms with E-state index in [0.717, 1.165) is 30.8 Å². The van der Waals surface area contributed by atoms with E-state index in [1.54, 1.807) is 5.57 Å². The van der Waals surface area contributed by atoms with Gasteiger partial charge >= 0.3 is 0 Å². The number of nitrogens with zero attached hydrogens (tertiary/aromatic N) is 3. The van der Waals surface area contributed by atoms with E-state index in [9.17, 15) is 0 Å². The van der Waals surface area contributed by atoms with Crippen molar-refractivity contribution in [3.8, 4) is 0 Å². The minimum absolute atomic E-state index is 0.115. The Morgan fingerprint density at radius 3 is 2.35 bits per heavy atom. The van der Waals surface area contributed by atoms with Crippen LogP contribution in [0.2, 0.25) is 0 Å². The second-order valence-electron chi connectivity index (χ2n) is 15.8. The molecule has 3 heteroatoms. The molecule has 0 spiro atoms. The van der Waals surface area contributed by atoms with Crippen LogP contribution in [0, 0.1) is 17.3 Å². The molecule has 0 amide bonds. The lowest BCUT2D eigenvalue weighted by Crippen LogP contribution is -2.55. The molecule has 250 valence electrons. The molecule has 3 nitrogen and oxygen atoms in total. The summed E-state index contributed by atoms with van der Waals surface area (Å²) >= 11 is 0. The van der Waals surface area contributed by atoms with Crippen LogP contribution in [0.4, 0.5) is 11.4 Å². The number of hydrogen-bond acceptors (Lipinski definition) is 3. The normalized spacial score (nSPS) is 29.4. The average Bonchev–Trinajstić information content (AvgIpc) is 3.64. The van der Waals surface area contributed by atoms with Crippen LogP contribution in [0.5, 0.6) is 0 Å². The fourth-order valence-corrected chi connectivity index (χ4v) is 9.91. The standard InChI is InChI=1S/C46H51N3/c1-8-37-35(28-36-29-41(37)45(36,4)5)27-32(3)38-17-11-9-15-33(38)21-22-34-16-10-13-19-42(34)48-24-23-31(2)44(48)40-30-46(6)47(7)25-26-49(46)43-20-14-12-18-39(40)43/h8-20,23-27,36,40-41,44H,2-3,21-22,28-30H2,1,4-7H3/b35-27-,37-8+/t36-,40?,41-,44?,46+/m1/s1. The molecule has 3 heterocycles. The number of aryl methyl sites for hydroxylation is 2. The fraction of sp³-hybridized carbons (Fsp3) is 0.348. The fourth-order valence-electron chi connectivity index (χ4n) is 9.91. The van der Waals surface area contributed by atoms with E-state index in [1.807, 2.05) is 0 Å². The largest absolute Gasteiger partial charge is 0.356 e. The van der Waals surface area contributed by atoms with E-state index < -0.39 is 0 Å². The first-order valence-electron chi connectivity index (χ1n) is 18.3. The van der Waals surface area contributed by atoms with Crippen LogP contribution in [0.25, 0.3) is 5.57 Å². The van der Waals surface area contributed by atoms with Crippen molar-refractivity contribution in [2.45, 2.75) is 77.4 Å². The van der Waals surface area contributed by atoms with Crippen LogP contribution in [-0.2, 0) is 12.8 Å². The van der Waals surface area contributed by atoms with Gasteiger partial charge in [-0.25, -0.2) is 0 Å². The van der Waals surface area contributed by atoms with E-state index in [-0.39, 0.29) is 11.7 Å². The van der Waals surface area contributed by atoms with E-state index in [2.05, 4.69) is 172 Å². The van der Waals surface area contributed by atoms with Gasteiger partial charge in [0, 0.05) is 42.9 Å². The van der Waals surface area contributed by atoms with Crippen molar-refractivity contribution in [1.29, 1.82) is 0 Å². The van der Waals surface area contributed by atoms with Crippen molar-refractivity contribution in [3.05, 3.63) is 162 Å². The summed E-state index contributed by atoms with van der Waals surface area (Å²) in [5.74, 6) is 1.76. The molecular weight excluding hydrogens is 595 g/mol. The molecule has 49 heavy (non-hydrogen) atoms. The highest BCUT2D eigenvalue weighted by molar-refractivity contribution is 5.76. The van der Waals surface area contributed by atoms with Crippen molar-refractivity contribution in [3.63, 3.8) is 0 Å². The van der Waals surface area contributed by atoms with E-state index in [4.69, 9.17) is 0 Å². The number of anilines is 2. The number of benzene rings is 3. The van der Waals surface area contributed by atoms with E-state index in [0.29, 0.717) is 17.3 Å². The molecule has 6 aliphatic rings. The Bertz CT molecular complexity index is 1950. The van der Waals surface area contributed by atoms with Gasteiger partial charge in [0.1, 0.15) is 5.66 Å². The van der Waals surface area contributed by atoms with Crippen LogP contribution in [0.15, 0.2) is 140 Å². The molecule has 2 unspecified atom stereocenters. The highest BCUT2D eigenvalue weighted by Crippen LogP contribution is 2.63. The first-order valence-corrected chi connectivity index (χ1v) is 18.3. The minimum Gasteiger partial charge on any atom is -0.356 e. The van der Waals surface area contributed by atoms with Gasteiger partial charge in [-0.05, 0) is 126 Å². The van der Waals surface area contributed by atoms with Gasteiger partial charge in [0.2, 0.25) is 0 Å². The van der Waals surface area contributed by atoms with Crippen LogP contribution in [-0.4, -0.2) is 23.7 Å². The van der Waals surface area contributed by atoms with Crippen LogP contribution in [0.1, 0.15) is 75.1 Å². The molecule has 0 aromatic heterocycles. The maximum Gasteiger partial charge on any atom is 0.114 e. The Morgan fingerprint density at radius 1 is 0.878 bits per heavy atom. The first-order chi connectivity index (χ1) is 23.6. The van der Waals surface area contributed by atoms with Gasteiger partial charge in [0.15, 0.2) is 0 Å². The Kier molecular flexibility index (Phi) is 7.66. The van der Waals surface area contributed by atoms with Gasteiger partial charge in [-0.1, -0.05) is 99.8 Å². The Labute approximate surface area is 294 Å². The van der Waals surface area contributed by atoms with Crippen LogP contribution < -0.4 is 9.80 Å². The quantitative estimate of drug-likeness (QED) is 0.253. The minimum atomic E-state index is -0.115. The molecule has 3 aromatic rings. The predicted molar refractivity (Wildman–Crippen MR) is 207 cm³/mol. The molecule has 5 atom stereocenters. The number of para-hydroxylation sites is 2. The number of allylic oxidation sites excluding steroid dienone is 5. The van der Waals surface area contributed by atoms with Gasteiger partial charge in [0.25, 0.3) is 0 Å². The average molecular weight is 646 g/mol. The SMILES string of the molecule is C=C(/C=C1/C[C@@H]2C[C@H](/C1=C/C)C2(C)C)c1ccccc1CCc1ccccc1N1C=CC(=C)C1C1C[C@@]2(C)N(C)C=CN2c2ccccc21. The van der Waals surface area contributed by atoms with Gasteiger partial charge in [0.05, 0.1) is 6.04 Å². The van der Waals surface area contributed by atoms with Gasteiger partial charge in [-0.2, -0.15) is 0 Å². The summed E-state index contributed by atoms with van der Waals surface area (Å²) in [4.78, 5) is 7.35. The van der Waals surface area contributed by atoms with Crippen molar-refractivity contribution < 1.29 is 0 Å². The Balaban J connectivity index is 1.06. The van der Waals surface area contributed by atoms with Gasteiger partial charge in [-0.15, -0.1) is 0 Å². The molecule has 3 aromatic carbocycles. The zero-order chi connectivity index (χ0) is 34.1. The topological polar surface area (TPSA) is 9.72 Å². The van der Waals surface area contributed by atoms with Crippen molar-refractivity contribution in [2.24, 2.45) is 17.3 Å². The summed E-state index contributed by atoms with van der Waals surface area (Å²) < 4.78 is 0. The van der Waals surface area contributed by atoms with Crippen molar-refractivity contribution in [1.82, 2.24) is 4.90 Å². The van der Waals surface area contributed by atoms with Crippen LogP contribution >= 0.6 is 0 Å². The lowest BCUT2D eigenvalue weighted by Gasteiger charge is -2.58. The second kappa shape index (κ2) is 11.8. The molecule has 3 fully saturated rings. The van der Waals surface area contributed by atoms with E-state index in [1.165, 1.54) is 57.6 Å². The third-order valence-electron chi connectivity index (χ3n) is 13.1.